The van der Waals surface area contributed by atoms with Gasteiger partial charge < -0.3 is 9.15 Å². The van der Waals surface area contributed by atoms with Gasteiger partial charge >= 0.3 is 5.97 Å². The van der Waals surface area contributed by atoms with Gasteiger partial charge in [0.2, 0.25) is 5.90 Å². The Bertz CT molecular complexity index is 1260. The highest BCUT2D eigenvalue weighted by Gasteiger charge is 2.27. The summed E-state index contributed by atoms with van der Waals surface area (Å²) in [5, 5.41) is 12.1. The smallest absolute Gasteiger partial charge is 0.363 e. The van der Waals surface area contributed by atoms with Crippen LogP contribution >= 0.6 is 34.8 Å². The van der Waals surface area contributed by atoms with E-state index in [2.05, 4.69) is 4.99 Å². The Morgan fingerprint density at radius 2 is 1.77 bits per heavy atom. The number of non-ortho nitro benzene ring substituents is 1. The number of esters is 1. The SMILES string of the molecule is O=C1OC(c2cc([N+](=O)[O-])ccc2Cl)=N/C1=C\c1ccc(-c2ccc(Cl)cc2Cl)o1. The highest BCUT2D eigenvalue weighted by atomic mass is 35.5. The number of benzene rings is 2. The minimum absolute atomic E-state index is 0.0457. The van der Waals surface area contributed by atoms with E-state index in [1.807, 2.05) is 0 Å². The number of nitrogens with zero attached hydrogens (tertiary/aromatic N) is 2. The molecule has 3 aromatic rings. The lowest BCUT2D eigenvalue weighted by Gasteiger charge is -2.02. The van der Waals surface area contributed by atoms with Gasteiger partial charge in [-0.2, -0.15) is 0 Å². The molecule has 1 aliphatic rings. The molecule has 0 atom stereocenters. The van der Waals surface area contributed by atoms with Crippen molar-refractivity contribution in [3.63, 3.8) is 0 Å². The van der Waals surface area contributed by atoms with Crippen molar-refractivity contribution in [1.82, 2.24) is 0 Å². The number of nitro groups is 1. The summed E-state index contributed by atoms with van der Waals surface area (Å²) in [7, 11) is 0. The lowest BCUT2D eigenvalue weighted by molar-refractivity contribution is -0.384. The molecule has 0 saturated heterocycles. The van der Waals surface area contributed by atoms with Crippen molar-refractivity contribution < 1.29 is 18.9 Å². The molecule has 0 bridgehead atoms. The number of aliphatic imine (C=N–C) groups is 1. The molecule has 7 nitrogen and oxygen atoms in total. The number of ether oxygens (including phenoxy) is 1. The summed E-state index contributed by atoms with van der Waals surface area (Å²) in [6.07, 6.45) is 1.38. The van der Waals surface area contributed by atoms with Crippen molar-refractivity contribution in [3.05, 3.63) is 90.7 Å². The Balaban J connectivity index is 1.66. The van der Waals surface area contributed by atoms with Crippen molar-refractivity contribution in [2.75, 3.05) is 0 Å². The molecule has 10 heteroatoms. The Hall–Kier alpha value is -3.13. The van der Waals surface area contributed by atoms with Gasteiger partial charge in [0.15, 0.2) is 5.70 Å². The molecule has 0 spiro atoms. The average molecular weight is 464 g/mol. The van der Waals surface area contributed by atoms with Gasteiger partial charge in [-0.15, -0.1) is 0 Å². The van der Waals surface area contributed by atoms with Crippen LogP contribution in [0, 0.1) is 10.1 Å². The minimum Gasteiger partial charge on any atom is -0.457 e. The molecular weight excluding hydrogens is 455 g/mol. The van der Waals surface area contributed by atoms with E-state index < -0.39 is 10.9 Å². The number of furan rings is 1. The molecule has 1 aliphatic heterocycles. The highest BCUT2D eigenvalue weighted by Crippen LogP contribution is 2.33. The Labute approximate surface area is 184 Å². The number of nitro benzene ring substituents is 1. The van der Waals surface area contributed by atoms with Gasteiger partial charge in [0.25, 0.3) is 5.69 Å². The maximum atomic E-state index is 12.2. The molecule has 0 unspecified atom stereocenters. The van der Waals surface area contributed by atoms with Crippen LogP contribution in [0.15, 0.2) is 63.6 Å². The zero-order valence-electron chi connectivity index (χ0n) is 14.8. The molecule has 0 amide bonds. The monoisotopic (exact) mass is 462 g/mol. The molecule has 2 heterocycles. The summed E-state index contributed by atoms with van der Waals surface area (Å²) >= 11 is 18.2. The van der Waals surface area contributed by atoms with Gasteiger partial charge in [-0.05, 0) is 36.4 Å². The quantitative estimate of drug-likeness (QED) is 0.200. The number of hydrogen-bond donors (Lipinski definition) is 0. The topological polar surface area (TPSA) is 94.9 Å². The molecule has 1 aromatic heterocycles. The predicted octanol–water partition coefficient (Wildman–Crippen LogP) is 6.16. The molecule has 0 N–H and O–H groups in total. The van der Waals surface area contributed by atoms with E-state index in [4.69, 9.17) is 44.0 Å². The lowest BCUT2D eigenvalue weighted by atomic mass is 10.2. The van der Waals surface area contributed by atoms with Crippen LogP contribution in [0.5, 0.6) is 0 Å². The standard InChI is InChI=1S/C20H9Cl3N2O5/c21-10-1-4-13(16(23)7-10)18-6-3-12(29-18)9-17-20(26)30-19(24-17)14-8-11(25(27)28)2-5-15(14)22/h1-9H/b17-9-. The molecule has 30 heavy (non-hydrogen) atoms. The second-order valence-corrected chi connectivity index (χ2v) is 7.33. The van der Waals surface area contributed by atoms with E-state index in [9.17, 15) is 14.9 Å². The first-order valence-electron chi connectivity index (χ1n) is 8.34. The van der Waals surface area contributed by atoms with Crippen LogP contribution in [-0.4, -0.2) is 16.8 Å². The van der Waals surface area contributed by atoms with Crippen LogP contribution in [0.1, 0.15) is 11.3 Å². The normalized spacial score (nSPS) is 14.7. The van der Waals surface area contributed by atoms with E-state index in [0.29, 0.717) is 27.1 Å². The van der Waals surface area contributed by atoms with Gasteiger partial charge in [-0.3, -0.25) is 10.1 Å². The molecule has 4 rings (SSSR count). The third-order valence-electron chi connectivity index (χ3n) is 4.11. The van der Waals surface area contributed by atoms with Crippen molar-refractivity contribution in [2.45, 2.75) is 0 Å². The zero-order valence-corrected chi connectivity index (χ0v) is 17.0. The van der Waals surface area contributed by atoms with Crippen LogP contribution in [0.25, 0.3) is 17.4 Å². The van der Waals surface area contributed by atoms with Crippen LogP contribution in [0.2, 0.25) is 15.1 Å². The van der Waals surface area contributed by atoms with Gasteiger partial charge in [-0.1, -0.05) is 34.8 Å². The summed E-state index contributed by atoms with van der Waals surface area (Å²) in [4.78, 5) is 26.7. The number of rotatable bonds is 4. The first-order chi connectivity index (χ1) is 14.3. The third kappa shape index (κ3) is 3.95. The summed E-state index contributed by atoms with van der Waals surface area (Å²) in [5.74, 6) is -0.0681. The second-order valence-electron chi connectivity index (χ2n) is 6.08. The van der Waals surface area contributed by atoms with Crippen molar-refractivity contribution >= 4 is 58.4 Å². The van der Waals surface area contributed by atoms with Gasteiger partial charge in [0, 0.05) is 28.8 Å². The van der Waals surface area contributed by atoms with Gasteiger partial charge in [0.1, 0.15) is 11.5 Å². The summed E-state index contributed by atoms with van der Waals surface area (Å²) in [6.45, 7) is 0. The van der Waals surface area contributed by atoms with E-state index in [0.717, 1.165) is 0 Å². The zero-order chi connectivity index (χ0) is 21.4. The van der Waals surface area contributed by atoms with E-state index >= 15 is 0 Å². The first kappa shape index (κ1) is 20.2. The molecule has 2 aromatic carbocycles. The van der Waals surface area contributed by atoms with E-state index in [1.165, 1.54) is 24.3 Å². The van der Waals surface area contributed by atoms with Crippen LogP contribution < -0.4 is 0 Å². The highest BCUT2D eigenvalue weighted by molar-refractivity contribution is 6.36. The van der Waals surface area contributed by atoms with Crippen LogP contribution in [0.3, 0.4) is 0 Å². The van der Waals surface area contributed by atoms with Crippen molar-refractivity contribution in [3.8, 4) is 11.3 Å². The fourth-order valence-electron chi connectivity index (χ4n) is 2.71. The third-order valence-corrected chi connectivity index (χ3v) is 4.99. The molecule has 0 saturated carbocycles. The Morgan fingerprint density at radius 1 is 0.967 bits per heavy atom. The predicted molar refractivity (Wildman–Crippen MR) is 113 cm³/mol. The molecular formula is C20H9Cl3N2O5. The molecule has 150 valence electrons. The minimum atomic E-state index is -0.741. The maximum absolute atomic E-state index is 12.2. The molecule has 0 radical (unpaired) electrons. The van der Waals surface area contributed by atoms with Gasteiger partial charge in [0.05, 0.1) is 20.5 Å². The summed E-state index contributed by atoms with van der Waals surface area (Å²) in [5.41, 5.74) is 0.514. The molecule has 0 aliphatic carbocycles. The van der Waals surface area contributed by atoms with Crippen molar-refractivity contribution in [2.24, 2.45) is 4.99 Å². The Morgan fingerprint density at radius 3 is 2.50 bits per heavy atom. The number of carbonyl (C=O) groups excluding carboxylic acids is 1. The number of halogens is 3. The van der Waals surface area contributed by atoms with Gasteiger partial charge in [-0.25, -0.2) is 9.79 Å². The lowest BCUT2D eigenvalue weighted by Crippen LogP contribution is -2.06. The average Bonchev–Trinajstić information content (AvgIpc) is 3.29. The second kappa shape index (κ2) is 7.95. The Kier molecular flexibility index (Phi) is 5.34. The fourth-order valence-corrected chi connectivity index (χ4v) is 3.41. The summed E-state index contributed by atoms with van der Waals surface area (Å²) in [6, 6.07) is 12.1. The summed E-state index contributed by atoms with van der Waals surface area (Å²) < 4.78 is 10.8. The number of cyclic esters (lactones) is 1. The number of hydrogen-bond acceptors (Lipinski definition) is 6. The van der Waals surface area contributed by atoms with Crippen LogP contribution in [-0.2, 0) is 9.53 Å². The van der Waals surface area contributed by atoms with E-state index in [1.54, 1.807) is 30.3 Å². The fraction of sp³-hybridized carbons (Fsp3) is 0. The van der Waals surface area contributed by atoms with Crippen molar-refractivity contribution in [1.29, 1.82) is 0 Å². The molecule has 0 fully saturated rings. The number of carbonyl (C=O) groups is 1. The van der Waals surface area contributed by atoms with Crippen LogP contribution in [0.4, 0.5) is 5.69 Å². The maximum Gasteiger partial charge on any atom is 0.363 e. The van der Waals surface area contributed by atoms with E-state index in [-0.39, 0.29) is 27.9 Å². The first-order valence-corrected chi connectivity index (χ1v) is 9.47. The largest absolute Gasteiger partial charge is 0.457 e.